The van der Waals surface area contributed by atoms with E-state index in [4.69, 9.17) is 4.74 Å². The Kier molecular flexibility index (Phi) is 5.92. The largest absolute Gasteiger partial charge is 0.444 e. The number of benzene rings is 2. The third-order valence-corrected chi connectivity index (χ3v) is 3.23. The minimum atomic E-state index is -1.04. The monoisotopic (exact) mass is 362 g/mol. The summed E-state index contributed by atoms with van der Waals surface area (Å²) in [5.41, 5.74) is 0.701. The smallest absolute Gasteiger partial charge is 0.407 e. The van der Waals surface area contributed by atoms with Gasteiger partial charge in [0.2, 0.25) is 0 Å². The van der Waals surface area contributed by atoms with E-state index < -0.39 is 29.2 Å². The Morgan fingerprint density at radius 2 is 1.65 bits per heavy atom. The predicted molar refractivity (Wildman–Crippen MR) is 93.8 cm³/mol. The van der Waals surface area contributed by atoms with Gasteiger partial charge in [-0.05, 0) is 50.6 Å². The molecule has 0 aromatic heterocycles. The number of hydrogen-bond donors (Lipinski definition) is 2. The number of rotatable bonds is 4. The Morgan fingerprint density at radius 3 is 2.23 bits per heavy atom. The zero-order chi connectivity index (χ0) is 19.3. The van der Waals surface area contributed by atoms with Crippen LogP contribution in [0.15, 0.2) is 42.5 Å². The third-order valence-electron chi connectivity index (χ3n) is 3.23. The first kappa shape index (κ1) is 19.4. The van der Waals surface area contributed by atoms with Gasteiger partial charge in [0.25, 0.3) is 5.91 Å². The molecule has 0 fully saturated rings. The van der Waals surface area contributed by atoms with Crippen LogP contribution in [0.3, 0.4) is 0 Å². The maximum Gasteiger partial charge on any atom is 0.407 e. The average molecular weight is 362 g/mol. The molecule has 0 bridgehead atoms. The quantitative estimate of drug-likeness (QED) is 0.855. The molecule has 0 aliphatic carbocycles. The molecule has 0 atom stereocenters. The van der Waals surface area contributed by atoms with E-state index >= 15 is 0 Å². The van der Waals surface area contributed by atoms with Crippen LogP contribution < -0.4 is 10.6 Å². The summed E-state index contributed by atoms with van der Waals surface area (Å²) in [6.45, 7) is 5.56. The Bertz CT molecular complexity index is 799. The van der Waals surface area contributed by atoms with Gasteiger partial charge in [0, 0.05) is 23.9 Å². The lowest BCUT2D eigenvalue weighted by Gasteiger charge is -2.19. The van der Waals surface area contributed by atoms with Crippen molar-refractivity contribution in [1.82, 2.24) is 5.32 Å². The normalized spacial score (nSPS) is 11.0. The van der Waals surface area contributed by atoms with E-state index in [1.807, 2.05) is 0 Å². The van der Waals surface area contributed by atoms with Gasteiger partial charge in [-0.15, -0.1) is 0 Å². The highest BCUT2D eigenvalue weighted by molar-refractivity contribution is 6.04. The van der Waals surface area contributed by atoms with Crippen LogP contribution in [0.5, 0.6) is 0 Å². The third kappa shape index (κ3) is 5.84. The summed E-state index contributed by atoms with van der Waals surface area (Å²) in [5.74, 6) is -2.47. The van der Waals surface area contributed by atoms with Crippen molar-refractivity contribution >= 4 is 17.7 Å². The number of ether oxygens (including phenoxy) is 1. The van der Waals surface area contributed by atoms with Crippen LogP contribution >= 0.6 is 0 Å². The molecule has 0 aliphatic rings. The maximum atomic E-state index is 13.2. The number of amides is 2. The summed E-state index contributed by atoms with van der Waals surface area (Å²) >= 11 is 0. The highest BCUT2D eigenvalue weighted by Crippen LogP contribution is 2.15. The second kappa shape index (κ2) is 7.95. The SMILES string of the molecule is CC(C)(C)OC(=O)NCc1ccc(C(=O)Nc2ccc(F)c(F)c2)cc1. The van der Waals surface area contributed by atoms with E-state index in [0.29, 0.717) is 5.56 Å². The van der Waals surface area contributed by atoms with Crippen molar-refractivity contribution in [2.24, 2.45) is 0 Å². The van der Waals surface area contributed by atoms with Gasteiger partial charge < -0.3 is 15.4 Å². The molecule has 2 N–H and O–H groups in total. The molecule has 0 saturated carbocycles. The Morgan fingerprint density at radius 1 is 1.00 bits per heavy atom. The number of carbonyl (C=O) groups is 2. The fourth-order valence-corrected chi connectivity index (χ4v) is 2.04. The number of carbonyl (C=O) groups excluding carboxylic acids is 2. The Balaban J connectivity index is 1.92. The number of halogens is 2. The Hall–Kier alpha value is -2.96. The summed E-state index contributed by atoms with van der Waals surface area (Å²) in [5, 5.41) is 5.10. The van der Waals surface area contributed by atoms with Crippen LogP contribution in [-0.2, 0) is 11.3 Å². The molecular formula is C19H20F2N2O3. The van der Waals surface area contributed by atoms with Gasteiger partial charge >= 0.3 is 6.09 Å². The molecule has 0 unspecified atom stereocenters. The maximum absolute atomic E-state index is 13.2. The van der Waals surface area contributed by atoms with Crippen LogP contribution in [-0.4, -0.2) is 17.6 Å². The van der Waals surface area contributed by atoms with Gasteiger partial charge in [-0.2, -0.15) is 0 Å². The molecule has 26 heavy (non-hydrogen) atoms. The zero-order valence-corrected chi connectivity index (χ0v) is 14.7. The van der Waals surface area contributed by atoms with E-state index in [1.54, 1.807) is 45.0 Å². The second-order valence-electron chi connectivity index (χ2n) is 6.64. The van der Waals surface area contributed by atoms with Crippen molar-refractivity contribution in [2.75, 3.05) is 5.32 Å². The van der Waals surface area contributed by atoms with Gasteiger partial charge in [0.1, 0.15) is 5.60 Å². The number of nitrogens with one attached hydrogen (secondary N) is 2. The summed E-state index contributed by atoms with van der Waals surface area (Å²) in [4.78, 5) is 23.7. The number of hydrogen-bond acceptors (Lipinski definition) is 3. The lowest BCUT2D eigenvalue weighted by atomic mass is 10.1. The molecule has 7 heteroatoms. The van der Waals surface area contributed by atoms with E-state index in [0.717, 1.165) is 17.7 Å². The lowest BCUT2D eigenvalue weighted by molar-refractivity contribution is 0.0523. The molecule has 2 aromatic carbocycles. The molecule has 138 valence electrons. The first-order valence-electron chi connectivity index (χ1n) is 7.96. The molecule has 0 heterocycles. The fraction of sp³-hybridized carbons (Fsp3) is 0.263. The molecule has 0 spiro atoms. The molecule has 0 saturated heterocycles. The van der Waals surface area contributed by atoms with Crippen molar-refractivity contribution in [3.8, 4) is 0 Å². The minimum Gasteiger partial charge on any atom is -0.444 e. The van der Waals surface area contributed by atoms with Crippen molar-refractivity contribution in [2.45, 2.75) is 32.9 Å². The standard InChI is InChI=1S/C19H20F2N2O3/c1-19(2,3)26-18(25)22-11-12-4-6-13(7-5-12)17(24)23-14-8-9-15(20)16(21)10-14/h4-10H,11H2,1-3H3,(H,22,25)(H,23,24). The first-order valence-corrected chi connectivity index (χ1v) is 7.96. The van der Waals surface area contributed by atoms with Gasteiger partial charge in [0.15, 0.2) is 11.6 Å². The molecule has 2 amide bonds. The van der Waals surface area contributed by atoms with Crippen molar-refractivity contribution in [1.29, 1.82) is 0 Å². The predicted octanol–water partition coefficient (Wildman–Crippen LogP) is 4.24. The topological polar surface area (TPSA) is 67.4 Å². The van der Waals surface area contributed by atoms with Crippen molar-refractivity contribution in [3.63, 3.8) is 0 Å². The van der Waals surface area contributed by atoms with E-state index in [-0.39, 0.29) is 12.2 Å². The van der Waals surface area contributed by atoms with Gasteiger partial charge in [-0.25, -0.2) is 13.6 Å². The highest BCUT2D eigenvalue weighted by Gasteiger charge is 2.15. The molecule has 0 aliphatic heterocycles. The molecular weight excluding hydrogens is 342 g/mol. The second-order valence-corrected chi connectivity index (χ2v) is 6.64. The Labute approximate surface area is 150 Å². The summed E-state index contributed by atoms with van der Waals surface area (Å²) < 4.78 is 31.2. The summed E-state index contributed by atoms with van der Waals surface area (Å²) in [6, 6.07) is 9.62. The molecule has 5 nitrogen and oxygen atoms in total. The van der Waals surface area contributed by atoms with Gasteiger partial charge in [-0.1, -0.05) is 12.1 Å². The highest BCUT2D eigenvalue weighted by atomic mass is 19.2. The summed E-state index contributed by atoms with van der Waals surface area (Å²) in [7, 11) is 0. The number of anilines is 1. The zero-order valence-electron chi connectivity index (χ0n) is 14.7. The van der Waals surface area contributed by atoms with Gasteiger partial charge in [0.05, 0.1) is 0 Å². The number of alkyl carbamates (subject to hydrolysis) is 1. The lowest BCUT2D eigenvalue weighted by Crippen LogP contribution is -2.32. The first-order chi connectivity index (χ1) is 12.1. The molecule has 0 radical (unpaired) electrons. The van der Waals surface area contributed by atoms with Crippen molar-refractivity contribution in [3.05, 3.63) is 65.2 Å². The van der Waals surface area contributed by atoms with Crippen LogP contribution in [0.4, 0.5) is 19.3 Å². The fourth-order valence-electron chi connectivity index (χ4n) is 2.04. The van der Waals surface area contributed by atoms with Crippen LogP contribution in [0.1, 0.15) is 36.7 Å². The van der Waals surface area contributed by atoms with Crippen LogP contribution in [0, 0.1) is 11.6 Å². The van der Waals surface area contributed by atoms with E-state index in [2.05, 4.69) is 10.6 Å². The van der Waals surface area contributed by atoms with Gasteiger partial charge in [-0.3, -0.25) is 4.79 Å². The van der Waals surface area contributed by atoms with E-state index in [1.165, 1.54) is 6.07 Å². The minimum absolute atomic E-state index is 0.157. The molecule has 2 rings (SSSR count). The average Bonchev–Trinajstić information content (AvgIpc) is 2.55. The molecule has 2 aromatic rings. The van der Waals surface area contributed by atoms with Crippen LogP contribution in [0.25, 0.3) is 0 Å². The summed E-state index contributed by atoms with van der Waals surface area (Å²) in [6.07, 6.45) is -0.530. The van der Waals surface area contributed by atoms with E-state index in [9.17, 15) is 18.4 Å². The van der Waals surface area contributed by atoms with Crippen LogP contribution in [0.2, 0.25) is 0 Å². The van der Waals surface area contributed by atoms with Crippen molar-refractivity contribution < 1.29 is 23.1 Å².